The fourth-order valence-electron chi connectivity index (χ4n) is 3.18. The smallest absolute Gasteiger partial charge is 0.255 e. The Kier molecular flexibility index (Phi) is 4.44. The van der Waals surface area contributed by atoms with Gasteiger partial charge in [0.05, 0.1) is 17.3 Å². The van der Waals surface area contributed by atoms with Crippen LogP contribution in [-0.4, -0.2) is 47.4 Å². The molecule has 1 fully saturated rings. The van der Waals surface area contributed by atoms with E-state index in [1.807, 2.05) is 36.9 Å². The number of benzene rings is 1. The van der Waals surface area contributed by atoms with Crippen molar-refractivity contribution in [2.24, 2.45) is 0 Å². The van der Waals surface area contributed by atoms with Crippen molar-refractivity contribution in [3.8, 4) is 0 Å². The first-order valence-electron chi connectivity index (χ1n) is 8.05. The van der Waals surface area contributed by atoms with Gasteiger partial charge in [0.2, 0.25) is 0 Å². The van der Waals surface area contributed by atoms with Crippen molar-refractivity contribution >= 4 is 5.91 Å². The van der Waals surface area contributed by atoms with Crippen LogP contribution in [0.25, 0.3) is 0 Å². The Hall–Kier alpha value is -2.20. The number of carbonyl (C=O) groups is 1. The Balaban J connectivity index is 1.82. The van der Waals surface area contributed by atoms with Crippen molar-refractivity contribution < 1.29 is 4.79 Å². The van der Waals surface area contributed by atoms with E-state index in [2.05, 4.69) is 41.2 Å². The van der Waals surface area contributed by atoms with Crippen molar-refractivity contribution in [3.63, 3.8) is 0 Å². The topological polar surface area (TPSA) is 36.4 Å². The predicted octanol–water partition coefficient (Wildman–Crippen LogP) is 2.83. The van der Waals surface area contributed by atoms with Gasteiger partial charge in [0.1, 0.15) is 0 Å². The van der Waals surface area contributed by atoms with E-state index in [9.17, 15) is 4.79 Å². The van der Waals surface area contributed by atoms with Crippen molar-refractivity contribution in [1.29, 1.82) is 0 Å². The van der Waals surface area contributed by atoms with Crippen LogP contribution in [0.15, 0.2) is 42.5 Å². The van der Waals surface area contributed by atoms with Gasteiger partial charge in [-0.2, -0.15) is 0 Å². The van der Waals surface area contributed by atoms with Crippen LogP contribution in [0.3, 0.4) is 0 Å². The molecule has 1 aliphatic rings. The quantitative estimate of drug-likeness (QED) is 0.856. The average molecular weight is 309 g/mol. The summed E-state index contributed by atoms with van der Waals surface area (Å²) < 4.78 is 0. The number of rotatable bonds is 2. The van der Waals surface area contributed by atoms with Crippen LogP contribution in [0, 0.1) is 13.8 Å². The van der Waals surface area contributed by atoms with E-state index in [0.717, 1.165) is 24.5 Å². The van der Waals surface area contributed by atoms with Gasteiger partial charge in [-0.3, -0.25) is 14.7 Å². The minimum atomic E-state index is 0.0871. The van der Waals surface area contributed by atoms with Crippen LogP contribution in [0.5, 0.6) is 0 Å². The number of likely N-dealkylation sites (N-methyl/N-ethyl adjacent to an activating group) is 1. The number of amides is 1. The lowest BCUT2D eigenvalue weighted by molar-refractivity contribution is 0.0545. The molecule has 0 unspecified atom stereocenters. The molecule has 2 aromatic rings. The maximum Gasteiger partial charge on any atom is 0.255 e. The van der Waals surface area contributed by atoms with Gasteiger partial charge in [-0.05, 0) is 38.6 Å². The van der Waals surface area contributed by atoms with Crippen LogP contribution in [0.2, 0.25) is 0 Å². The zero-order valence-electron chi connectivity index (χ0n) is 14.0. The highest BCUT2D eigenvalue weighted by atomic mass is 16.2. The van der Waals surface area contributed by atoms with Crippen LogP contribution in [0.4, 0.5) is 0 Å². The second-order valence-electron chi connectivity index (χ2n) is 6.24. The molecule has 23 heavy (non-hydrogen) atoms. The van der Waals surface area contributed by atoms with E-state index in [-0.39, 0.29) is 11.9 Å². The third-order valence-corrected chi connectivity index (χ3v) is 4.58. The molecule has 3 rings (SSSR count). The van der Waals surface area contributed by atoms with Gasteiger partial charge >= 0.3 is 0 Å². The van der Waals surface area contributed by atoms with Crippen LogP contribution in [-0.2, 0) is 0 Å². The number of aryl methyl sites for hydroxylation is 2. The summed E-state index contributed by atoms with van der Waals surface area (Å²) in [6, 6.07) is 14.4. The van der Waals surface area contributed by atoms with Crippen LogP contribution >= 0.6 is 0 Å². The van der Waals surface area contributed by atoms with E-state index in [1.165, 1.54) is 5.56 Å². The summed E-state index contributed by atoms with van der Waals surface area (Å²) in [7, 11) is 2.12. The standard InChI is InChI=1S/C19H23N3O/c1-14-9-10-17(15(2)20-14)19(23)22-12-11-21(3)18(13-22)16-7-5-4-6-8-16/h4-10,18H,11-13H2,1-3H3/t18-/m0/s1. The molecule has 0 N–H and O–H groups in total. The third-order valence-electron chi connectivity index (χ3n) is 4.58. The highest BCUT2D eigenvalue weighted by Gasteiger charge is 2.29. The van der Waals surface area contributed by atoms with E-state index in [0.29, 0.717) is 12.1 Å². The molecule has 0 aliphatic carbocycles. The Labute approximate surface area is 137 Å². The highest BCUT2D eigenvalue weighted by molar-refractivity contribution is 5.95. The molecule has 4 nitrogen and oxygen atoms in total. The van der Waals surface area contributed by atoms with Gasteiger partial charge in [-0.15, -0.1) is 0 Å². The maximum atomic E-state index is 12.9. The average Bonchev–Trinajstić information content (AvgIpc) is 2.55. The fraction of sp³-hybridized carbons (Fsp3) is 0.368. The number of hydrogen-bond donors (Lipinski definition) is 0. The van der Waals surface area contributed by atoms with Gasteiger partial charge in [0.15, 0.2) is 0 Å². The molecule has 1 aromatic heterocycles. The SMILES string of the molecule is Cc1ccc(C(=O)N2CCN(C)[C@H](c3ccccc3)C2)c(C)n1. The summed E-state index contributed by atoms with van der Waals surface area (Å²) in [5.74, 6) is 0.0871. The van der Waals surface area contributed by atoms with Crippen LogP contribution < -0.4 is 0 Å². The zero-order valence-corrected chi connectivity index (χ0v) is 14.0. The molecule has 0 radical (unpaired) electrons. The molecule has 1 atom stereocenters. The normalized spacial score (nSPS) is 18.9. The zero-order chi connectivity index (χ0) is 16.4. The summed E-state index contributed by atoms with van der Waals surface area (Å²) in [6.07, 6.45) is 0. The minimum Gasteiger partial charge on any atom is -0.335 e. The number of hydrogen-bond acceptors (Lipinski definition) is 3. The summed E-state index contributed by atoms with van der Waals surface area (Å²) in [6.45, 7) is 6.20. The molecule has 120 valence electrons. The van der Waals surface area contributed by atoms with Crippen molar-refractivity contribution in [1.82, 2.24) is 14.8 Å². The fourth-order valence-corrected chi connectivity index (χ4v) is 3.18. The Morgan fingerprint density at radius 3 is 2.52 bits per heavy atom. The highest BCUT2D eigenvalue weighted by Crippen LogP contribution is 2.25. The van der Waals surface area contributed by atoms with Crippen LogP contribution in [0.1, 0.15) is 33.4 Å². The monoisotopic (exact) mass is 309 g/mol. The van der Waals surface area contributed by atoms with E-state index in [1.54, 1.807) is 0 Å². The Morgan fingerprint density at radius 2 is 1.83 bits per heavy atom. The van der Waals surface area contributed by atoms with Crippen molar-refractivity contribution in [3.05, 3.63) is 65.0 Å². The summed E-state index contributed by atoms with van der Waals surface area (Å²) in [4.78, 5) is 21.6. The molecule has 0 bridgehead atoms. The molecule has 2 heterocycles. The lowest BCUT2D eigenvalue weighted by atomic mass is 10.0. The number of pyridine rings is 1. The van der Waals surface area contributed by atoms with Gasteiger partial charge in [-0.25, -0.2) is 0 Å². The number of carbonyl (C=O) groups excluding carboxylic acids is 1. The first-order chi connectivity index (χ1) is 11.1. The van der Waals surface area contributed by atoms with E-state index in [4.69, 9.17) is 0 Å². The predicted molar refractivity (Wildman–Crippen MR) is 91.4 cm³/mol. The number of aromatic nitrogens is 1. The minimum absolute atomic E-state index is 0.0871. The van der Waals surface area contributed by atoms with E-state index >= 15 is 0 Å². The van der Waals surface area contributed by atoms with Gasteiger partial charge < -0.3 is 4.90 Å². The summed E-state index contributed by atoms with van der Waals surface area (Å²) in [5, 5.41) is 0. The number of nitrogens with zero attached hydrogens (tertiary/aromatic N) is 3. The van der Waals surface area contributed by atoms with Gasteiger partial charge in [0, 0.05) is 25.3 Å². The molecule has 4 heteroatoms. The third kappa shape index (κ3) is 3.27. The lowest BCUT2D eigenvalue weighted by Gasteiger charge is -2.39. The molecule has 1 aliphatic heterocycles. The molecule has 0 spiro atoms. The molecule has 1 amide bonds. The first-order valence-corrected chi connectivity index (χ1v) is 8.05. The Morgan fingerprint density at radius 1 is 1.09 bits per heavy atom. The van der Waals surface area contributed by atoms with E-state index < -0.39 is 0 Å². The molecule has 1 saturated heterocycles. The largest absolute Gasteiger partial charge is 0.335 e. The molecular formula is C19H23N3O. The Bertz CT molecular complexity index is 699. The molecular weight excluding hydrogens is 286 g/mol. The second kappa shape index (κ2) is 6.50. The van der Waals surface area contributed by atoms with Crippen molar-refractivity contribution in [2.75, 3.05) is 26.7 Å². The maximum absolute atomic E-state index is 12.9. The van der Waals surface area contributed by atoms with Crippen molar-refractivity contribution in [2.45, 2.75) is 19.9 Å². The lowest BCUT2D eigenvalue weighted by Crippen LogP contribution is -2.49. The summed E-state index contributed by atoms with van der Waals surface area (Å²) in [5.41, 5.74) is 3.72. The first kappa shape index (κ1) is 15.7. The van der Waals surface area contributed by atoms with Gasteiger partial charge in [-0.1, -0.05) is 30.3 Å². The molecule has 0 saturated carbocycles. The molecule has 1 aromatic carbocycles. The number of piperazine rings is 1. The van der Waals surface area contributed by atoms with Gasteiger partial charge in [0.25, 0.3) is 5.91 Å². The second-order valence-corrected chi connectivity index (χ2v) is 6.24. The summed E-state index contributed by atoms with van der Waals surface area (Å²) >= 11 is 0.